The van der Waals surface area contributed by atoms with Gasteiger partial charge in [0.2, 0.25) is 0 Å². The van der Waals surface area contributed by atoms with Gasteiger partial charge in [-0.2, -0.15) is 0 Å². The molecule has 3 rings (SSSR count). The molecule has 0 bridgehead atoms. The lowest BCUT2D eigenvalue weighted by Gasteiger charge is -2.02. The lowest BCUT2D eigenvalue weighted by atomic mass is 10.1. The fourth-order valence-corrected chi connectivity index (χ4v) is 4.44. The van der Waals surface area contributed by atoms with Crippen LogP contribution in [0.1, 0.15) is 49.7 Å². The molecule has 0 radical (unpaired) electrons. The van der Waals surface area contributed by atoms with Crippen LogP contribution in [0.25, 0.3) is 0 Å². The van der Waals surface area contributed by atoms with Crippen LogP contribution in [0.2, 0.25) is 0 Å². The van der Waals surface area contributed by atoms with Gasteiger partial charge in [0.15, 0.2) is 0 Å². The molecule has 0 aromatic carbocycles. The first-order valence-corrected chi connectivity index (χ1v) is 8.58. The van der Waals surface area contributed by atoms with Gasteiger partial charge in [-0.1, -0.05) is 6.42 Å². The number of carboxylic acids is 1. The maximum absolute atomic E-state index is 12.3. The Labute approximate surface area is 130 Å². The largest absolute Gasteiger partial charge is 0.478 e. The second-order valence-electron chi connectivity index (χ2n) is 5.04. The zero-order valence-electron chi connectivity index (χ0n) is 11.3. The number of rotatable bonds is 3. The van der Waals surface area contributed by atoms with Crippen LogP contribution in [-0.4, -0.2) is 17.0 Å². The van der Waals surface area contributed by atoms with Crippen LogP contribution in [0.3, 0.4) is 0 Å². The quantitative estimate of drug-likeness (QED) is 0.839. The van der Waals surface area contributed by atoms with Crippen molar-refractivity contribution in [1.29, 1.82) is 0 Å². The average Bonchev–Trinajstić information content (AvgIpc) is 3.01. The molecule has 2 heterocycles. The number of hydrogen-bond acceptors (Lipinski definition) is 4. The smallest absolute Gasteiger partial charge is 0.338 e. The Morgan fingerprint density at radius 2 is 2.00 bits per heavy atom. The van der Waals surface area contributed by atoms with Crippen molar-refractivity contribution in [2.45, 2.75) is 32.1 Å². The highest BCUT2D eigenvalue weighted by Gasteiger charge is 2.19. The fraction of sp³-hybridized carbons (Fsp3) is 0.333. The predicted octanol–water partition coefficient (Wildman–Crippen LogP) is 4.03. The molecule has 2 aromatic rings. The van der Waals surface area contributed by atoms with Crippen molar-refractivity contribution in [2.75, 3.05) is 5.32 Å². The molecule has 2 N–H and O–H groups in total. The van der Waals surface area contributed by atoms with Crippen molar-refractivity contribution < 1.29 is 14.7 Å². The summed E-state index contributed by atoms with van der Waals surface area (Å²) in [6.45, 7) is 0. The van der Waals surface area contributed by atoms with E-state index in [9.17, 15) is 9.59 Å². The highest BCUT2D eigenvalue weighted by atomic mass is 32.1. The third-order valence-electron chi connectivity index (χ3n) is 3.59. The summed E-state index contributed by atoms with van der Waals surface area (Å²) >= 11 is 2.77. The molecule has 0 spiro atoms. The highest BCUT2D eigenvalue weighted by Crippen LogP contribution is 2.30. The molecule has 0 unspecified atom stereocenters. The van der Waals surface area contributed by atoms with E-state index in [4.69, 9.17) is 5.11 Å². The topological polar surface area (TPSA) is 66.4 Å². The van der Waals surface area contributed by atoms with E-state index in [-0.39, 0.29) is 11.5 Å². The van der Waals surface area contributed by atoms with Crippen molar-refractivity contribution in [3.8, 4) is 0 Å². The summed E-state index contributed by atoms with van der Waals surface area (Å²) in [6, 6.07) is 3.47. The van der Waals surface area contributed by atoms with Crippen LogP contribution in [0, 0.1) is 0 Å². The minimum atomic E-state index is -1.02. The van der Waals surface area contributed by atoms with Crippen LogP contribution in [0.5, 0.6) is 0 Å². The number of fused-ring (bicyclic) bond motifs is 1. The number of thiophene rings is 2. The van der Waals surface area contributed by atoms with E-state index in [1.54, 1.807) is 5.38 Å². The van der Waals surface area contributed by atoms with Crippen LogP contribution in [0.4, 0.5) is 5.00 Å². The molecule has 6 heteroatoms. The van der Waals surface area contributed by atoms with Crippen molar-refractivity contribution in [2.24, 2.45) is 0 Å². The van der Waals surface area contributed by atoms with E-state index in [0.717, 1.165) is 12.8 Å². The monoisotopic (exact) mass is 321 g/mol. The summed E-state index contributed by atoms with van der Waals surface area (Å²) in [5.41, 5.74) is 1.43. The van der Waals surface area contributed by atoms with E-state index >= 15 is 0 Å². The molecule has 2 aromatic heterocycles. The summed E-state index contributed by atoms with van der Waals surface area (Å²) in [5.74, 6) is -1.23. The fourth-order valence-electron chi connectivity index (χ4n) is 2.52. The lowest BCUT2D eigenvalue weighted by Crippen LogP contribution is -2.11. The summed E-state index contributed by atoms with van der Waals surface area (Å²) < 4.78 is 0. The first-order chi connectivity index (χ1) is 10.1. The molecule has 0 aliphatic heterocycles. The van der Waals surface area contributed by atoms with Gasteiger partial charge in [0.05, 0.1) is 10.4 Å². The molecule has 110 valence electrons. The first kappa shape index (κ1) is 14.3. The summed E-state index contributed by atoms with van der Waals surface area (Å²) in [7, 11) is 0. The molecule has 4 nitrogen and oxygen atoms in total. The van der Waals surface area contributed by atoms with Gasteiger partial charge in [0.25, 0.3) is 5.91 Å². The number of hydrogen-bond donors (Lipinski definition) is 2. The third-order valence-corrected chi connectivity index (χ3v) is 5.66. The Morgan fingerprint density at radius 1 is 1.19 bits per heavy atom. The molecule has 0 saturated carbocycles. The standard InChI is InChI=1S/C15H15NO3S2/c17-13(16-14-10(15(18)19)6-7-20-14)12-8-9-4-2-1-3-5-11(9)21-12/h6-8H,1-5H2,(H,16,17)(H,18,19). The van der Waals surface area contributed by atoms with Gasteiger partial charge >= 0.3 is 5.97 Å². The maximum Gasteiger partial charge on any atom is 0.338 e. The maximum atomic E-state index is 12.3. The minimum Gasteiger partial charge on any atom is -0.478 e. The Kier molecular flexibility index (Phi) is 4.07. The van der Waals surface area contributed by atoms with E-state index in [1.165, 1.54) is 58.4 Å². The SMILES string of the molecule is O=C(Nc1sccc1C(=O)O)c1cc2c(s1)CCCCC2. The molecule has 1 aliphatic rings. The second kappa shape index (κ2) is 5.99. The molecule has 0 saturated heterocycles. The second-order valence-corrected chi connectivity index (χ2v) is 7.10. The number of anilines is 1. The summed E-state index contributed by atoms with van der Waals surface area (Å²) in [6.07, 6.45) is 5.70. The molecule has 1 aliphatic carbocycles. The van der Waals surface area contributed by atoms with Gasteiger partial charge in [-0.05, 0) is 48.8 Å². The minimum absolute atomic E-state index is 0.145. The van der Waals surface area contributed by atoms with Gasteiger partial charge in [-0.3, -0.25) is 4.79 Å². The normalized spacial score (nSPS) is 14.3. The highest BCUT2D eigenvalue weighted by molar-refractivity contribution is 7.15. The Morgan fingerprint density at radius 3 is 2.81 bits per heavy atom. The van der Waals surface area contributed by atoms with Crippen LogP contribution >= 0.6 is 22.7 Å². The van der Waals surface area contributed by atoms with E-state index < -0.39 is 5.97 Å². The zero-order valence-corrected chi connectivity index (χ0v) is 13.0. The van der Waals surface area contributed by atoms with Crippen molar-refractivity contribution in [3.63, 3.8) is 0 Å². The first-order valence-electron chi connectivity index (χ1n) is 6.89. The van der Waals surface area contributed by atoms with Gasteiger partial charge in [0, 0.05) is 4.88 Å². The number of carbonyl (C=O) groups is 2. The zero-order chi connectivity index (χ0) is 14.8. The molecular formula is C15H15NO3S2. The Bertz CT molecular complexity index is 663. The van der Waals surface area contributed by atoms with Crippen LogP contribution in [0.15, 0.2) is 17.5 Å². The average molecular weight is 321 g/mol. The Balaban J connectivity index is 1.79. The van der Waals surface area contributed by atoms with Gasteiger partial charge in [-0.15, -0.1) is 22.7 Å². The van der Waals surface area contributed by atoms with E-state index in [2.05, 4.69) is 5.32 Å². The number of nitrogens with one attached hydrogen (secondary N) is 1. The van der Waals surface area contributed by atoms with Crippen molar-refractivity contribution in [3.05, 3.63) is 38.4 Å². The van der Waals surface area contributed by atoms with Crippen LogP contribution < -0.4 is 5.32 Å². The Hall–Kier alpha value is -1.66. The number of carboxylic acid groups (broad SMARTS) is 1. The summed E-state index contributed by atoms with van der Waals surface area (Å²) in [5, 5.41) is 13.9. The third kappa shape index (κ3) is 3.01. The van der Waals surface area contributed by atoms with Crippen molar-refractivity contribution in [1.82, 2.24) is 0 Å². The van der Waals surface area contributed by atoms with E-state index in [1.807, 2.05) is 6.07 Å². The molecule has 0 atom stereocenters. The van der Waals surface area contributed by atoms with Gasteiger partial charge in [0.1, 0.15) is 5.00 Å². The van der Waals surface area contributed by atoms with Crippen molar-refractivity contribution >= 4 is 39.6 Å². The molecule has 0 fully saturated rings. The predicted molar refractivity (Wildman–Crippen MR) is 84.8 cm³/mol. The van der Waals surface area contributed by atoms with Crippen LogP contribution in [-0.2, 0) is 12.8 Å². The summed E-state index contributed by atoms with van der Waals surface area (Å²) in [4.78, 5) is 25.3. The van der Waals surface area contributed by atoms with Gasteiger partial charge < -0.3 is 10.4 Å². The number of amides is 1. The lowest BCUT2D eigenvalue weighted by molar-refractivity contribution is 0.0698. The molecular weight excluding hydrogens is 306 g/mol. The molecule has 21 heavy (non-hydrogen) atoms. The number of aryl methyl sites for hydroxylation is 2. The van der Waals surface area contributed by atoms with Gasteiger partial charge in [-0.25, -0.2) is 4.79 Å². The number of aromatic carboxylic acids is 1. The van der Waals surface area contributed by atoms with E-state index in [0.29, 0.717) is 9.88 Å². The molecule has 1 amide bonds. The number of carbonyl (C=O) groups excluding carboxylic acids is 1.